The molecule has 0 saturated carbocycles. The van der Waals surface area contributed by atoms with E-state index in [1.807, 2.05) is 20.8 Å². The van der Waals surface area contributed by atoms with E-state index in [9.17, 15) is 8.42 Å². The minimum Gasteiger partial charge on any atom is -0.332 e. The van der Waals surface area contributed by atoms with Gasteiger partial charge in [-0.2, -0.15) is 0 Å². The van der Waals surface area contributed by atoms with Crippen LogP contribution in [0.25, 0.3) is 0 Å². The Labute approximate surface area is 90.4 Å². The van der Waals surface area contributed by atoms with Gasteiger partial charge in [0.15, 0.2) is 5.03 Å². The first-order chi connectivity index (χ1) is 6.83. The molecule has 0 fully saturated rings. The Morgan fingerprint density at radius 3 is 2.40 bits per heavy atom. The predicted octanol–water partition coefficient (Wildman–Crippen LogP) is 1.04. The van der Waals surface area contributed by atoms with E-state index in [4.69, 9.17) is 0 Å². The Kier molecular flexibility index (Phi) is 3.51. The number of sulfonamides is 1. The molecule has 0 aliphatic rings. The molecule has 1 heterocycles. The van der Waals surface area contributed by atoms with Gasteiger partial charge in [0, 0.05) is 6.04 Å². The highest BCUT2D eigenvalue weighted by molar-refractivity contribution is 7.89. The van der Waals surface area contributed by atoms with Crippen molar-refractivity contribution in [3.8, 4) is 0 Å². The first-order valence-electron chi connectivity index (χ1n) is 4.87. The van der Waals surface area contributed by atoms with Crippen molar-refractivity contribution in [1.29, 1.82) is 0 Å². The van der Waals surface area contributed by atoms with Crippen molar-refractivity contribution in [3.63, 3.8) is 0 Å². The summed E-state index contributed by atoms with van der Waals surface area (Å²) in [5.41, 5.74) is 0. The highest BCUT2D eigenvalue weighted by Gasteiger charge is 2.20. The first kappa shape index (κ1) is 12.2. The smallest absolute Gasteiger partial charge is 0.257 e. The van der Waals surface area contributed by atoms with Crippen LogP contribution in [0.15, 0.2) is 11.2 Å². The lowest BCUT2D eigenvalue weighted by molar-refractivity contribution is 0.475. The summed E-state index contributed by atoms with van der Waals surface area (Å²) in [6.07, 6.45) is 1.32. The number of aromatic nitrogens is 2. The first-order valence-corrected chi connectivity index (χ1v) is 6.35. The molecule has 0 spiro atoms. The molecule has 1 aromatic rings. The maximum atomic E-state index is 11.8. The number of rotatable bonds is 4. The van der Waals surface area contributed by atoms with Gasteiger partial charge in [-0.15, -0.1) is 0 Å². The van der Waals surface area contributed by atoms with Crippen LogP contribution in [-0.4, -0.2) is 24.4 Å². The van der Waals surface area contributed by atoms with Crippen molar-refractivity contribution in [2.75, 3.05) is 0 Å². The maximum absolute atomic E-state index is 11.8. The summed E-state index contributed by atoms with van der Waals surface area (Å²) in [5, 5.41) is 0.118. The molecule has 0 amide bonds. The Morgan fingerprint density at radius 2 is 2.00 bits per heavy atom. The lowest BCUT2D eigenvalue weighted by Gasteiger charge is -2.16. The van der Waals surface area contributed by atoms with Crippen molar-refractivity contribution >= 4 is 10.0 Å². The summed E-state index contributed by atoms with van der Waals surface area (Å²) in [6, 6.07) is -0.0985. The number of nitrogens with one attached hydrogen (secondary N) is 2. The zero-order valence-corrected chi connectivity index (χ0v) is 10.2. The molecule has 6 heteroatoms. The Balaban J connectivity index is 2.85. The van der Waals surface area contributed by atoms with Crippen LogP contribution in [0.2, 0.25) is 0 Å². The predicted molar refractivity (Wildman–Crippen MR) is 57.9 cm³/mol. The van der Waals surface area contributed by atoms with Gasteiger partial charge in [-0.3, -0.25) is 0 Å². The number of aryl methyl sites for hydroxylation is 1. The van der Waals surface area contributed by atoms with Gasteiger partial charge in [0.05, 0.1) is 6.20 Å². The van der Waals surface area contributed by atoms with Crippen molar-refractivity contribution < 1.29 is 8.42 Å². The second-order valence-electron chi connectivity index (χ2n) is 3.99. The van der Waals surface area contributed by atoms with Crippen molar-refractivity contribution in [2.24, 2.45) is 5.92 Å². The van der Waals surface area contributed by atoms with Crippen molar-refractivity contribution in [1.82, 2.24) is 14.7 Å². The minimum atomic E-state index is -3.45. The highest BCUT2D eigenvalue weighted by atomic mass is 32.2. The third-order valence-corrected chi connectivity index (χ3v) is 3.78. The topological polar surface area (TPSA) is 74.8 Å². The summed E-state index contributed by atoms with van der Waals surface area (Å²) < 4.78 is 26.1. The molecule has 2 N–H and O–H groups in total. The minimum absolute atomic E-state index is 0.0985. The fourth-order valence-corrected chi connectivity index (χ4v) is 2.34. The van der Waals surface area contributed by atoms with Crippen LogP contribution in [-0.2, 0) is 10.0 Å². The summed E-state index contributed by atoms with van der Waals surface area (Å²) in [4.78, 5) is 6.56. The molecule has 1 unspecified atom stereocenters. The van der Waals surface area contributed by atoms with Gasteiger partial charge in [0.2, 0.25) is 0 Å². The second kappa shape index (κ2) is 4.32. The molecule has 86 valence electrons. The van der Waals surface area contributed by atoms with E-state index in [2.05, 4.69) is 14.7 Å². The molecule has 0 aromatic carbocycles. The molecule has 1 atom stereocenters. The summed E-state index contributed by atoms with van der Waals surface area (Å²) in [7, 11) is -3.45. The Morgan fingerprint density at radius 1 is 1.40 bits per heavy atom. The lowest BCUT2D eigenvalue weighted by atomic mass is 10.1. The zero-order chi connectivity index (χ0) is 11.6. The standard InChI is InChI=1S/C9H17N3O2S/c1-6(2)7(3)12-15(13,14)9-5-10-8(4)11-9/h5-7,12H,1-4H3,(H,10,11). The molecule has 1 aromatic heterocycles. The van der Waals surface area contributed by atoms with Crippen LogP contribution in [0.5, 0.6) is 0 Å². The van der Waals surface area contributed by atoms with E-state index < -0.39 is 10.0 Å². The third-order valence-electron chi connectivity index (χ3n) is 2.31. The summed E-state index contributed by atoms with van der Waals surface area (Å²) in [5.74, 6) is 0.844. The second-order valence-corrected chi connectivity index (χ2v) is 5.67. The van der Waals surface area contributed by atoms with Gasteiger partial charge >= 0.3 is 0 Å². The van der Waals surface area contributed by atoms with Crippen LogP contribution in [0.3, 0.4) is 0 Å². The normalized spacial score (nSPS) is 14.5. The molecule has 0 bridgehead atoms. The average molecular weight is 231 g/mol. The van der Waals surface area contributed by atoms with E-state index in [1.54, 1.807) is 6.92 Å². The number of hydrogen-bond donors (Lipinski definition) is 2. The molecule has 0 aliphatic heterocycles. The SMILES string of the molecule is Cc1ncc(S(=O)(=O)NC(C)C(C)C)[nH]1. The van der Waals surface area contributed by atoms with E-state index in [0.717, 1.165) is 0 Å². The van der Waals surface area contributed by atoms with E-state index in [1.165, 1.54) is 6.20 Å². The van der Waals surface area contributed by atoms with Gasteiger partial charge in [-0.05, 0) is 19.8 Å². The lowest BCUT2D eigenvalue weighted by Crippen LogP contribution is -2.36. The van der Waals surface area contributed by atoms with Crippen LogP contribution < -0.4 is 4.72 Å². The summed E-state index contributed by atoms with van der Waals surface area (Å²) in [6.45, 7) is 7.48. The Hall–Kier alpha value is -0.880. The van der Waals surface area contributed by atoms with Crippen LogP contribution in [0, 0.1) is 12.8 Å². The molecule has 0 aliphatic carbocycles. The van der Waals surface area contributed by atoms with Crippen LogP contribution in [0.1, 0.15) is 26.6 Å². The van der Waals surface area contributed by atoms with Crippen molar-refractivity contribution in [3.05, 3.63) is 12.0 Å². The third kappa shape index (κ3) is 3.04. The van der Waals surface area contributed by atoms with E-state index in [0.29, 0.717) is 5.82 Å². The number of nitrogens with zero attached hydrogens (tertiary/aromatic N) is 1. The highest BCUT2D eigenvalue weighted by Crippen LogP contribution is 2.08. The molecule has 5 nitrogen and oxygen atoms in total. The van der Waals surface area contributed by atoms with E-state index in [-0.39, 0.29) is 17.0 Å². The fraction of sp³-hybridized carbons (Fsp3) is 0.667. The molecule has 0 saturated heterocycles. The van der Waals surface area contributed by atoms with Crippen molar-refractivity contribution in [2.45, 2.75) is 38.8 Å². The zero-order valence-electron chi connectivity index (χ0n) is 9.40. The van der Waals surface area contributed by atoms with E-state index >= 15 is 0 Å². The fourth-order valence-electron chi connectivity index (χ4n) is 0.979. The number of aromatic amines is 1. The number of H-pyrrole nitrogens is 1. The molecular weight excluding hydrogens is 214 g/mol. The van der Waals surface area contributed by atoms with Gasteiger partial charge in [-0.25, -0.2) is 18.1 Å². The van der Waals surface area contributed by atoms with Gasteiger partial charge in [-0.1, -0.05) is 13.8 Å². The Bertz CT molecular complexity index is 422. The van der Waals surface area contributed by atoms with Crippen LogP contribution in [0.4, 0.5) is 0 Å². The number of imidazole rings is 1. The molecule has 0 radical (unpaired) electrons. The van der Waals surface area contributed by atoms with Gasteiger partial charge in [0.25, 0.3) is 10.0 Å². The van der Waals surface area contributed by atoms with Gasteiger partial charge < -0.3 is 4.98 Å². The quantitative estimate of drug-likeness (QED) is 0.813. The van der Waals surface area contributed by atoms with Gasteiger partial charge in [0.1, 0.15) is 5.82 Å². The molecule has 15 heavy (non-hydrogen) atoms. The molecular formula is C9H17N3O2S. The average Bonchev–Trinajstić information content (AvgIpc) is 2.51. The number of hydrogen-bond acceptors (Lipinski definition) is 3. The summed E-state index contributed by atoms with van der Waals surface area (Å²) >= 11 is 0. The molecule has 1 rings (SSSR count). The largest absolute Gasteiger partial charge is 0.332 e. The van der Waals surface area contributed by atoms with Crippen LogP contribution >= 0.6 is 0 Å². The maximum Gasteiger partial charge on any atom is 0.257 e. The monoisotopic (exact) mass is 231 g/mol.